The van der Waals surface area contributed by atoms with Gasteiger partial charge < -0.3 is 36.3 Å². The second kappa shape index (κ2) is 31.6. The van der Waals surface area contributed by atoms with Gasteiger partial charge in [-0.2, -0.15) is 0 Å². The van der Waals surface area contributed by atoms with Crippen LogP contribution in [0.1, 0.15) is 0 Å². The summed E-state index contributed by atoms with van der Waals surface area (Å²) in [4.78, 5) is 4.71. The zero-order valence-corrected chi connectivity index (χ0v) is 74.4. The van der Waals surface area contributed by atoms with Gasteiger partial charge in [0, 0.05) is 110 Å². The highest BCUT2D eigenvalue weighted by Gasteiger charge is 2.27. The molecule has 0 aliphatic carbocycles. The van der Waals surface area contributed by atoms with Crippen LogP contribution in [-0.2, 0) is 0 Å². The normalized spacial score (nSPS) is 11.9. The van der Waals surface area contributed by atoms with Crippen LogP contribution < -0.4 is 9.80 Å². The molecule has 8 nitrogen and oxygen atoms in total. The molecule has 0 aliphatic rings. The first-order valence-electron chi connectivity index (χ1n) is 46.9. The van der Waals surface area contributed by atoms with Crippen LogP contribution in [0, 0.1) is 0 Å². The van der Waals surface area contributed by atoms with Crippen molar-refractivity contribution in [3.8, 4) is 111 Å². The summed E-state index contributed by atoms with van der Waals surface area (Å²) in [6, 6.07) is 169. The summed E-state index contributed by atoms with van der Waals surface area (Å²) in [6.45, 7) is 0. The molecule has 0 fully saturated rings. The van der Waals surface area contributed by atoms with Crippen molar-refractivity contribution in [2.45, 2.75) is 0 Å². The fourth-order valence-corrected chi connectivity index (χ4v) is 21.7. The van der Waals surface area contributed by atoms with E-state index in [1.54, 1.807) is 0 Å². The number of para-hydroxylation sites is 5. The lowest BCUT2D eigenvalue weighted by Gasteiger charge is -2.26. The molecule has 6 heterocycles. The lowest BCUT2D eigenvalue weighted by atomic mass is 9.90. The lowest BCUT2D eigenvalue weighted by Crippen LogP contribution is -2.09. The molecule has 0 saturated heterocycles. The van der Waals surface area contributed by atoms with E-state index in [1.807, 2.05) is 42.5 Å². The van der Waals surface area contributed by atoms with Crippen molar-refractivity contribution in [1.29, 1.82) is 0 Å². The number of hydrogen-bond donors (Lipinski definition) is 0. The molecule has 0 atom stereocenters. The molecule has 0 unspecified atom stereocenters. The minimum atomic E-state index is 0.786. The minimum absolute atomic E-state index is 0.786. The molecule has 28 aromatic rings. The first-order valence-corrected chi connectivity index (χ1v) is 46.9. The van der Waals surface area contributed by atoms with Gasteiger partial charge in [-0.15, -0.1) is 0 Å². The average Bonchev–Trinajstić information content (AvgIpc) is 1.56. The predicted octanol–water partition coefficient (Wildman–Crippen LogP) is 37.8. The fourth-order valence-electron chi connectivity index (χ4n) is 21.7. The van der Waals surface area contributed by atoms with E-state index in [0.717, 1.165) is 271 Å². The van der Waals surface area contributed by atoms with Crippen molar-refractivity contribution >= 4 is 177 Å². The molecule has 0 radical (unpaired) electrons. The average molecular weight is 1760 g/mol. The molecule has 8 heteroatoms. The Balaban J connectivity index is 0.500. The number of benzene rings is 22. The van der Waals surface area contributed by atoms with E-state index in [1.165, 1.54) is 16.3 Å². The standard InChI is InChI=1S/C130H78N2O6/c1-2-20-81(21-3-1)101-75-73-99(127-110-27-9-14-36-116(110)137-129(101)127)83-44-42-79(43-45-83)80-46-59-89(60-47-80)131(91-63-50-84(51-64-91)96-29-16-38-118-123(96)107-24-6-11-33-113(107)133-118)94-69-56-87(57-70-94)100-74-76-102(130-128(100)111-28-10-15-37-117(111)138-130)88-58-71-112-122(78-88)136-120-40-18-31-98(125(112)120)86-54-67-93(68-55-86)132(92-65-52-85(53-66-92)97-30-17-39-119-124(97)108-25-7-12-34-114(108)134-119)90-61-48-82(49-62-90)95-72-77-105(104-23-5-4-22-103(95)104)106-32-19-41-121-126(106)109-26-8-13-35-115(109)135-121/h1-78H. The maximum Gasteiger partial charge on any atom is 0.143 e. The zero-order valence-electron chi connectivity index (χ0n) is 74.4. The van der Waals surface area contributed by atoms with Gasteiger partial charge in [0.15, 0.2) is 0 Å². The van der Waals surface area contributed by atoms with E-state index in [0.29, 0.717) is 0 Å². The molecule has 0 aliphatic heterocycles. The Morgan fingerprint density at radius 3 is 0.739 bits per heavy atom. The number of rotatable bonds is 16. The first kappa shape index (κ1) is 78.2. The summed E-state index contributed by atoms with van der Waals surface area (Å²) < 4.78 is 39.9. The van der Waals surface area contributed by atoms with Gasteiger partial charge in [0.25, 0.3) is 0 Å². The van der Waals surface area contributed by atoms with Crippen LogP contribution in [-0.4, -0.2) is 0 Å². The summed E-state index contributed by atoms with van der Waals surface area (Å²) in [7, 11) is 0. The molecular weight excluding hydrogens is 1690 g/mol. The summed E-state index contributed by atoms with van der Waals surface area (Å²) in [6.07, 6.45) is 0. The zero-order chi connectivity index (χ0) is 90.6. The van der Waals surface area contributed by atoms with Crippen LogP contribution in [0.5, 0.6) is 0 Å². The molecule has 0 N–H and O–H groups in total. The van der Waals surface area contributed by atoms with E-state index < -0.39 is 0 Å². The number of hydrogen-bond acceptors (Lipinski definition) is 8. The van der Waals surface area contributed by atoms with Crippen molar-refractivity contribution < 1.29 is 26.5 Å². The van der Waals surface area contributed by atoms with Crippen LogP contribution in [0.15, 0.2) is 500 Å². The fraction of sp³-hybridized carbons (Fsp3) is 0. The number of nitrogens with zero attached hydrogens (tertiary/aromatic N) is 2. The molecule has 644 valence electrons. The SMILES string of the molecule is c1ccc(-c2ccc(-c3ccc(-c4ccc(N(c5ccc(-c6cccc7oc8ccccc8c67)cc5)c5ccc(-c6ccc(-c7ccc8c(c7)oc7cccc(-c9ccc(N(c%10ccc(-c%11ccc(-c%12cccc%13oc%14ccccc%14c%12%13)c%12ccccc%11%12)cc%10)c%10ccc(-c%11cccc%12oc%13ccccc%13c%11%12)cc%10)cc9)c78)c7oc8ccccc8c67)cc5)cc4)cc3)c3c2oc2ccccc23)cc1. The van der Waals surface area contributed by atoms with E-state index in [9.17, 15) is 0 Å². The molecule has 0 saturated carbocycles. The molecule has 0 bridgehead atoms. The van der Waals surface area contributed by atoms with Crippen molar-refractivity contribution in [3.63, 3.8) is 0 Å². The molecule has 0 spiro atoms. The Morgan fingerprint density at radius 1 is 0.116 bits per heavy atom. The monoisotopic (exact) mass is 1760 g/mol. The number of anilines is 6. The molecule has 6 aromatic heterocycles. The van der Waals surface area contributed by atoms with Gasteiger partial charge in [-0.05, 0) is 263 Å². The second-order valence-electron chi connectivity index (χ2n) is 35.9. The Morgan fingerprint density at radius 2 is 0.348 bits per heavy atom. The summed E-state index contributed by atoms with van der Waals surface area (Å²) in [5.74, 6) is 0. The largest absolute Gasteiger partial charge is 0.456 e. The third-order valence-corrected chi connectivity index (χ3v) is 28.2. The van der Waals surface area contributed by atoms with Crippen LogP contribution >= 0.6 is 0 Å². The van der Waals surface area contributed by atoms with Crippen molar-refractivity contribution in [3.05, 3.63) is 473 Å². The van der Waals surface area contributed by atoms with E-state index in [2.05, 4.69) is 441 Å². The second-order valence-corrected chi connectivity index (χ2v) is 35.9. The number of fused-ring (bicyclic) bond motifs is 19. The van der Waals surface area contributed by atoms with Crippen molar-refractivity contribution in [2.75, 3.05) is 9.80 Å². The Labute approximate surface area is 791 Å². The Kier molecular flexibility index (Phi) is 17.9. The van der Waals surface area contributed by atoms with Gasteiger partial charge in [0.2, 0.25) is 0 Å². The molecular formula is C130H78N2O6. The van der Waals surface area contributed by atoms with Gasteiger partial charge >= 0.3 is 0 Å². The summed E-state index contributed by atoms with van der Waals surface area (Å²) in [5.41, 5.74) is 38.3. The Bertz CT molecular complexity index is 9740. The van der Waals surface area contributed by atoms with Gasteiger partial charge in [0.1, 0.15) is 67.0 Å². The quantitative estimate of drug-likeness (QED) is 0.0946. The first-order chi connectivity index (χ1) is 68.4. The maximum atomic E-state index is 7.06. The van der Waals surface area contributed by atoms with Crippen molar-refractivity contribution in [2.24, 2.45) is 0 Å². The number of furan rings is 6. The van der Waals surface area contributed by atoms with E-state index in [-0.39, 0.29) is 0 Å². The van der Waals surface area contributed by atoms with Crippen LogP contribution in [0.2, 0.25) is 0 Å². The van der Waals surface area contributed by atoms with E-state index in [4.69, 9.17) is 26.5 Å². The maximum absolute atomic E-state index is 7.06. The predicted molar refractivity (Wildman–Crippen MR) is 571 cm³/mol. The summed E-state index contributed by atoms with van der Waals surface area (Å²) >= 11 is 0. The molecule has 138 heavy (non-hydrogen) atoms. The highest BCUT2D eigenvalue weighted by molar-refractivity contribution is 6.22. The third kappa shape index (κ3) is 12.8. The van der Waals surface area contributed by atoms with Crippen LogP contribution in [0.25, 0.3) is 254 Å². The van der Waals surface area contributed by atoms with Gasteiger partial charge in [-0.1, -0.05) is 322 Å². The highest BCUT2D eigenvalue weighted by atomic mass is 16.3. The molecule has 22 aromatic carbocycles. The van der Waals surface area contributed by atoms with E-state index >= 15 is 0 Å². The molecule has 0 amide bonds. The smallest absolute Gasteiger partial charge is 0.143 e. The minimum Gasteiger partial charge on any atom is -0.456 e. The van der Waals surface area contributed by atoms with Gasteiger partial charge in [0.05, 0.1) is 0 Å². The van der Waals surface area contributed by atoms with Gasteiger partial charge in [-0.25, -0.2) is 0 Å². The van der Waals surface area contributed by atoms with Gasteiger partial charge in [-0.3, -0.25) is 0 Å². The van der Waals surface area contributed by atoms with Crippen molar-refractivity contribution in [1.82, 2.24) is 0 Å². The topological polar surface area (TPSA) is 85.3 Å². The lowest BCUT2D eigenvalue weighted by molar-refractivity contribution is 0.668. The highest BCUT2D eigenvalue weighted by Crippen LogP contribution is 2.52. The Hall–Kier alpha value is -18.5. The van der Waals surface area contributed by atoms with Crippen LogP contribution in [0.3, 0.4) is 0 Å². The van der Waals surface area contributed by atoms with Crippen LogP contribution in [0.4, 0.5) is 34.1 Å². The third-order valence-electron chi connectivity index (χ3n) is 28.2. The summed E-state index contributed by atoms with van der Waals surface area (Å²) in [5, 5.41) is 15.4. The molecule has 28 rings (SSSR count).